The molecule has 0 saturated carbocycles. The van der Waals surface area contributed by atoms with E-state index in [4.69, 9.17) is 11.6 Å². The number of fused-ring (bicyclic) bond motifs is 1. The number of hydrogen-bond donors (Lipinski definition) is 1. The number of rotatable bonds is 2. The van der Waals surface area contributed by atoms with Gasteiger partial charge in [0.1, 0.15) is 11.4 Å². The lowest BCUT2D eigenvalue weighted by Crippen LogP contribution is -1.86. The van der Waals surface area contributed by atoms with E-state index in [1.54, 1.807) is 30.6 Å². The molecule has 20 heavy (non-hydrogen) atoms. The van der Waals surface area contributed by atoms with Crippen LogP contribution in [0.1, 0.15) is 5.56 Å². The van der Waals surface area contributed by atoms with Gasteiger partial charge in [-0.05, 0) is 29.0 Å². The van der Waals surface area contributed by atoms with Crippen molar-refractivity contribution < 1.29 is 5.11 Å². The first-order valence-electron chi connectivity index (χ1n) is 6.11. The van der Waals surface area contributed by atoms with Gasteiger partial charge in [0.05, 0.1) is 0 Å². The van der Waals surface area contributed by atoms with Gasteiger partial charge in [-0.25, -0.2) is 4.98 Å². The number of pyridine rings is 1. The van der Waals surface area contributed by atoms with E-state index in [9.17, 15) is 5.11 Å². The van der Waals surface area contributed by atoms with Crippen LogP contribution in [0.2, 0.25) is 5.15 Å². The minimum Gasteiger partial charge on any atom is -0.507 e. The second-order valence-electron chi connectivity index (χ2n) is 4.29. The predicted octanol–water partition coefficient (Wildman–Crippen LogP) is 4.34. The summed E-state index contributed by atoms with van der Waals surface area (Å²) in [5.41, 5.74) is 1.24. The summed E-state index contributed by atoms with van der Waals surface area (Å²) in [6, 6.07) is 14.9. The predicted molar refractivity (Wildman–Crippen MR) is 82.1 cm³/mol. The Kier molecular flexibility index (Phi) is 3.35. The monoisotopic (exact) mass is 282 g/mol. The van der Waals surface area contributed by atoms with E-state index in [1.165, 1.54) is 0 Å². The fourth-order valence-corrected chi connectivity index (χ4v) is 2.20. The number of phenolic OH excluding ortho intramolecular Hbond substituents is 1. The summed E-state index contributed by atoms with van der Waals surface area (Å²) in [5, 5.41) is 12.3. The van der Waals surface area contributed by atoms with Crippen molar-refractivity contribution in [3.63, 3.8) is 0 Å². The Morgan fingerprint density at radius 1 is 1.05 bits per heavy atom. The van der Waals surface area contributed by atoms with Gasteiger partial charge >= 0.3 is 0 Å². The molecule has 0 atom stereocenters. The van der Waals surface area contributed by atoms with E-state index in [0.717, 1.165) is 10.8 Å². The minimum atomic E-state index is 0.187. The molecule has 0 spiro atoms. The van der Waals surface area contributed by atoms with Crippen LogP contribution in [-0.4, -0.2) is 16.3 Å². The largest absolute Gasteiger partial charge is 0.507 e. The molecule has 98 valence electrons. The molecule has 0 radical (unpaired) electrons. The van der Waals surface area contributed by atoms with Crippen molar-refractivity contribution in [2.24, 2.45) is 4.99 Å². The van der Waals surface area contributed by atoms with Crippen LogP contribution in [0.3, 0.4) is 0 Å². The average Bonchev–Trinajstić information content (AvgIpc) is 2.48. The number of aromatic nitrogens is 1. The molecule has 4 heteroatoms. The van der Waals surface area contributed by atoms with E-state index < -0.39 is 0 Å². The highest BCUT2D eigenvalue weighted by Crippen LogP contribution is 2.27. The molecule has 0 bridgehead atoms. The molecule has 1 heterocycles. The quantitative estimate of drug-likeness (QED) is 0.561. The zero-order chi connectivity index (χ0) is 13.9. The first-order valence-corrected chi connectivity index (χ1v) is 6.49. The lowest BCUT2D eigenvalue weighted by Gasteiger charge is -2.04. The van der Waals surface area contributed by atoms with Crippen molar-refractivity contribution >= 4 is 34.3 Å². The SMILES string of the molecule is Oc1ccc2ccccc2c1C=Nc1cccnc1Cl. The molecular formula is C16H11ClN2O. The lowest BCUT2D eigenvalue weighted by atomic mass is 10.0. The summed E-state index contributed by atoms with van der Waals surface area (Å²) in [6.45, 7) is 0. The Labute approximate surface area is 121 Å². The van der Waals surface area contributed by atoms with Crippen molar-refractivity contribution in [2.75, 3.05) is 0 Å². The first kappa shape index (κ1) is 12.6. The topological polar surface area (TPSA) is 45.5 Å². The summed E-state index contributed by atoms with van der Waals surface area (Å²) in [4.78, 5) is 8.27. The Morgan fingerprint density at radius 3 is 2.75 bits per heavy atom. The number of aliphatic imine (C=N–C) groups is 1. The van der Waals surface area contributed by atoms with Crippen molar-refractivity contribution in [1.82, 2.24) is 4.98 Å². The molecule has 2 aromatic carbocycles. The molecule has 3 nitrogen and oxygen atoms in total. The van der Waals surface area contributed by atoms with Crippen LogP contribution < -0.4 is 0 Å². The van der Waals surface area contributed by atoms with Crippen molar-refractivity contribution in [1.29, 1.82) is 0 Å². The minimum absolute atomic E-state index is 0.187. The molecule has 0 aliphatic heterocycles. The van der Waals surface area contributed by atoms with E-state index in [1.807, 2.05) is 30.3 Å². The molecular weight excluding hydrogens is 272 g/mol. The first-order chi connectivity index (χ1) is 9.75. The third-order valence-corrected chi connectivity index (χ3v) is 3.31. The highest BCUT2D eigenvalue weighted by Gasteiger charge is 2.04. The van der Waals surface area contributed by atoms with Gasteiger partial charge in [0.25, 0.3) is 0 Å². The van der Waals surface area contributed by atoms with E-state index >= 15 is 0 Å². The Hall–Kier alpha value is -2.39. The number of nitrogens with zero attached hydrogens (tertiary/aromatic N) is 2. The molecule has 3 rings (SSSR count). The van der Waals surface area contributed by atoms with Gasteiger partial charge in [-0.1, -0.05) is 41.9 Å². The Balaban J connectivity index is 2.11. The summed E-state index contributed by atoms with van der Waals surface area (Å²) in [5.74, 6) is 0.187. The van der Waals surface area contributed by atoms with Gasteiger partial charge < -0.3 is 5.11 Å². The summed E-state index contributed by atoms with van der Waals surface area (Å²) in [6.07, 6.45) is 3.22. The Bertz CT molecular complexity index is 799. The molecule has 0 fully saturated rings. The van der Waals surface area contributed by atoms with Crippen LogP contribution in [0.25, 0.3) is 10.8 Å². The second-order valence-corrected chi connectivity index (χ2v) is 4.65. The molecule has 0 unspecified atom stereocenters. The van der Waals surface area contributed by atoms with Gasteiger partial charge in [0, 0.05) is 18.0 Å². The van der Waals surface area contributed by atoms with Gasteiger partial charge in [-0.15, -0.1) is 0 Å². The summed E-state index contributed by atoms with van der Waals surface area (Å²) in [7, 11) is 0. The Morgan fingerprint density at radius 2 is 1.90 bits per heavy atom. The molecule has 0 amide bonds. The fourth-order valence-electron chi connectivity index (χ4n) is 2.03. The van der Waals surface area contributed by atoms with E-state index in [0.29, 0.717) is 16.4 Å². The third kappa shape index (κ3) is 2.36. The van der Waals surface area contributed by atoms with Gasteiger partial charge in [-0.3, -0.25) is 4.99 Å². The van der Waals surface area contributed by atoms with Crippen molar-refractivity contribution in [3.8, 4) is 5.75 Å². The fraction of sp³-hybridized carbons (Fsp3) is 0. The molecule has 0 saturated heterocycles. The summed E-state index contributed by atoms with van der Waals surface area (Å²) >= 11 is 5.96. The maximum Gasteiger partial charge on any atom is 0.154 e. The van der Waals surface area contributed by atoms with E-state index in [2.05, 4.69) is 9.98 Å². The molecule has 3 aromatic rings. The van der Waals surface area contributed by atoms with Crippen LogP contribution in [0.4, 0.5) is 5.69 Å². The molecule has 0 aliphatic carbocycles. The number of halogens is 1. The third-order valence-electron chi connectivity index (χ3n) is 3.02. The maximum absolute atomic E-state index is 10.0. The zero-order valence-electron chi connectivity index (χ0n) is 10.5. The maximum atomic E-state index is 10.0. The molecule has 1 aromatic heterocycles. The summed E-state index contributed by atoms with van der Waals surface area (Å²) < 4.78 is 0. The number of phenols is 1. The van der Waals surface area contributed by atoms with Crippen LogP contribution in [-0.2, 0) is 0 Å². The smallest absolute Gasteiger partial charge is 0.154 e. The van der Waals surface area contributed by atoms with Crippen molar-refractivity contribution in [2.45, 2.75) is 0 Å². The average molecular weight is 283 g/mol. The molecule has 0 aliphatic rings. The number of hydrogen-bond acceptors (Lipinski definition) is 3. The molecule has 1 N–H and O–H groups in total. The number of aromatic hydroxyl groups is 1. The number of benzene rings is 2. The van der Waals surface area contributed by atoms with Crippen LogP contribution in [0.15, 0.2) is 59.7 Å². The van der Waals surface area contributed by atoms with Gasteiger partial charge in [0.2, 0.25) is 0 Å². The normalized spacial score (nSPS) is 11.2. The second kappa shape index (κ2) is 5.31. The van der Waals surface area contributed by atoms with E-state index in [-0.39, 0.29) is 5.75 Å². The standard InChI is InChI=1S/C16H11ClN2O/c17-16-14(6-3-9-18-16)19-10-13-12-5-2-1-4-11(12)7-8-15(13)20/h1-10,20H. The van der Waals surface area contributed by atoms with Crippen LogP contribution >= 0.6 is 11.6 Å². The zero-order valence-corrected chi connectivity index (χ0v) is 11.2. The highest BCUT2D eigenvalue weighted by atomic mass is 35.5. The van der Waals surface area contributed by atoms with Gasteiger partial charge in [-0.2, -0.15) is 0 Å². The highest BCUT2D eigenvalue weighted by molar-refractivity contribution is 6.31. The van der Waals surface area contributed by atoms with Crippen LogP contribution in [0.5, 0.6) is 5.75 Å². The lowest BCUT2D eigenvalue weighted by molar-refractivity contribution is 0.475. The van der Waals surface area contributed by atoms with Gasteiger partial charge in [0.15, 0.2) is 5.15 Å². The van der Waals surface area contributed by atoms with Crippen LogP contribution in [0, 0.1) is 0 Å². The van der Waals surface area contributed by atoms with Crippen molar-refractivity contribution in [3.05, 3.63) is 65.4 Å².